The number of nitrogens with one attached hydrogen (secondary N) is 2. The molecule has 1 saturated heterocycles. The molecule has 2 N–H and O–H groups in total. The molecular weight excluding hydrogens is 380 g/mol. The molecule has 104 valence electrons. The first kappa shape index (κ1) is 14.9. The van der Waals surface area contributed by atoms with E-state index in [1.807, 2.05) is 0 Å². The summed E-state index contributed by atoms with van der Waals surface area (Å²) in [5.74, 6) is -1.04. The van der Waals surface area contributed by atoms with Crippen LogP contribution in [0.4, 0.5) is 0 Å². The van der Waals surface area contributed by atoms with Crippen LogP contribution >= 0.6 is 38.9 Å². The van der Waals surface area contributed by atoms with Crippen molar-refractivity contribution in [3.63, 3.8) is 0 Å². The van der Waals surface area contributed by atoms with Crippen LogP contribution in [0.2, 0.25) is 5.02 Å². The minimum atomic E-state index is -3.83. The van der Waals surface area contributed by atoms with Gasteiger partial charge in [-0.2, -0.15) is 4.72 Å². The number of amides is 2. The molecule has 0 aliphatic carbocycles. The van der Waals surface area contributed by atoms with Crippen molar-refractivity contribution >= 4 is 60.7 Å². The minimum Gasteiger partial charge on any atom is -0.295 e. The molecule has 1 atom stereocenters. The van der Waals surface area contributed by atoms with Crippen molar-refractivity contribution in [2.24, 2.45) is 0 Å². The molecule has 2 amide bonds. The molecule has 19 heavy (non-hydrogen) atoms. The molecule has 1 aliphatic rings. The quantitative estimate of drug-likeness (QED) is 0.764. The first-order valence-electron chi connectivity index (χ1n) is 5.10. The highest BCUT2D eigenvalue weighted by molar-refractivity contribution is 9.11. The van der Waals surface area contributed by atoms with Gasteiger partial charge in [0.2, 0.25) is 11.8 Å². The first-order valence-corrected chi connectivity index (χ1v) is 8.57. The third-order valence-corrected chi connectivity index (χ3v) is 6.84. The van der Waals surface area contributed by atoms with Gasteiger partial charge in [0.1, 0.15) is 10.3 Å². The average molecular weight is 388 g/mol. The van der Waals surface area contributed by atoms with Crippen LogP contribution in [0.5, 0.6) is 0 Å². The fraction of sp³-hybridized carbons (Fsp3) is 0.333. The molecule has 2 heterocycles. The van der Waals surface area contributed by atoms with Crippen LogP contribution in [0.1, 0.15) is 12.8 Å². The predicted molar refractivity (Wildman–Crippen MR) is 73.5 cm³/mol. The Balaban J connectivity index is 2.18. The van der Waals surface area contributed by atoms with Crippen LogP contribution in [0.15, 0.2) is 14.1 Å². The fourth-order valence-corrected chi connectivity index (χ4v) is 5.16. The zero-order valence-electron chi connectivity index (χ0n) is 9.27. The van der Waals surface area contributed by atoms with Crippen LogP contribution in [0, 0.1) is 0 Å². The van der Waals surface area contributed by atoms with E-state index in [-0.39, 0.29) is 22.1 Å². The second kappa shape index (κ2) is 5.49. The van der Waals surface area contributed by atoms with Crippen LogP contribution < -0.4 is 10.0 Å². The number of carbonyl (C=O) groups excluding carboxylic acids is 2. The summed E-state index contributed by atoms with van der Waals surface area (Å²) in [5, 5.41) is 2.37. The van der Waals surface area contributed by atoms with E-state index in [1.165, 1.54) is 6.07 Å². The molecular formula is C9H8BrClN2O4S2. The van der Waals surface area contributed by atoms with E-state index in [2.05, 4.69) is 26.0 Å². The van der Waals surface area contributed by atoms with E-state index in [4.69, 9.17) is 11.6 Å². The Labute approximate surface area is 126 Å². The molecule has 0 spiro atoms. The Hall–Kier alpha value is -0.480. The van der Waals surface area contributed by atoms with Crippen molar-refractivity contribution in [2.75, 3.05) is 0 Å². The lowest BCUT2D eigenvalue weighted by Crippen LogP contribution is -2.52. The third-order valence-electron chi connectivity index (χ3n) is 2.42. The van der Waals surface area contributed by atoms with Gasteiger partial charge >= 0.3 is 0 Å². The highest BCUT2D eigenvalue weighted by atomic mass is 79.9. The number of sulfonamides is 1. The second-order valence-electron chi connectivity index (χ2n) is 3.81. The SMILES string of the molecule is O=C1CCC(NS(=O)(=O)c2cc(Cl)c(Br)s2)C(=O)N1. The Bertz CT molecular complexity index is 623. The van der Waals surface area contributed by atoms with Crippen LogP contribution in [0.25, 0.3) is 0 Å². The number of thiophene rings is 1. The Morgan fingerprint density at radius 1 is 1.47 bits per heavy atom. The molecule has 10 heteroatoms. The third kappa shape index (κ3) is 3.34. The zero-order chi connectivity index (χ0) is 14.2. The largest absolute Gasteiger partial charge is 0.295 e. The molecule has 6 nitrogen and oxygen atoms in total. The molecule has 0 aromatic carbocycles. The average Bonchev–Trinajstić information content (AvgIpc) is 2.64. The van der Waals surface area contributed by atoms with E-state index >= 15 is 0 Å². The van der Waals surface area contributed by atoms with Gasteiger partial charge in [-0.3, -0.25) is 14.9 Å². The molecule has 1 aromatic rings. The smallest absolute Gasteiger partial charge is 0.250 e. The van der Waals surface area contributed by atoms with Crippen LogP contribution in [0.3, 0.4) is 0 Å². The number of piperidine rings is 1. The summed E-state index contributed by atoms with van der Waals surface area (Å²) in [6, 6.07) is 0.354. The van der Waals surface area contributed by atoms with Gasteiger partial charge in [-0.15, -0.1) is 11.3 Å². The maximum absolute atomic E-state index is 12.0. The van der Waals surface area contributed by atoms with Gasteiger partial charge in [-0.05, 0) is 28.4 Å². The lowest BCUT2D eigenvalue weighted by molar-refractivity contribution is -0.134. The topological polar surface area (TPSA) is 92.3 Å². The highest BCUT2D eigenvalue weighted by Crippen LogP contribution is 2.34. The van der Waals surface area contributed by atoms with E-state index < -0.39 is 27.9 Å². The Morgan fingerprint density at radius 2 is 2.16 bits per heavy atom. The van der Waals surface area contributed by atoms with Crippen molar-refractivity contribution in [2.45, 2.75) is 23.1 Å². The standard InChI is InChI=1S/C9H8BrClN2O4S2/c10-8-4(11)3-7(18-8)19(16,17)13-5-1-2-6(14)12-9(5)15/h3,5,13H,1-2H2,(H,12,14,15). The normalized spacial score (nSPS) is 20.4. The minimum absolute atomic E-state index is 0.00840. The Kier molecular flexibility index (Phi) is 4.31. The Morgan fingerprint density at radius 3 is 2.68 bits per heavy atom. The number of imide groups is 1. The van der Waals surface area contributed by atoms with Crippen LogP contribution in [-0.4, -0.2) is 26.3 Å². The van der Waals surface area contributed by atoms with Crippen molar-refractivity contribution in [3.05, 3.63) is 14.9 Å². The van der Waals surface area contributed by atoms with Gasteiger partial charge in [0.15, 0.2) is 0 Å². The van der Waals surface area contributed by atoms with Gasteiger partial charge in [0, 0.05) is 6.42 Å². The fourth-order valence-electron chi connectivity index (χ4n) is 1.51. The summed E-state index contributed by atoms with van der Waals surface area (Å²) < 4.78 is 26.9. The number of halogens is 2. The van der Waals surface area contributed by atoms with Crippen molar-refractivity contribution < 1.29 is 18.0 Å². The maximum Gasteiger partial charge on any atom is 0.250 e. The van der Waals surface area contributed by atoms with E-state index in [1.54, 1.807) is 0 Å². The molecule has 0 radical (unpaired) electrons. The molecule has 0 saturated carbocycles. The van der Waals surface area contributed by atoms with Gasteiger partial charge in [-0.25, -0.2) is 8.42 Å². The van der Waals surface area contributed by atoms with E-state index in [9.17, 15) is 18.0 Å². The van der Waals surface area contributed by atoms with E-state index in [0.29, 0.717) is 3.79 Å². The number of carbonyl (C=O) groups is 2. The molecule has 1 aromatic heterocycles. The van der Waals surface area contributed by atoms with Crippen LogP contribution in [-0.2, 0) is 19.6 Å². The number of rotatable bonds is 3. The highest BCUT2D eigenvalue weighted by Gasteiger charge is 2.31. The molecule has 2 rings (SSSR count). The second-order valence-corrected chi connectivity index (χ2v) is 8.53. The van der Waals surface area contributed by atoms with Crippen molar-refractivity contribution in [3.8, 4) is 0 Å². The lowest BCUT2D eigenvalue weighted by atomic mass is 10.1. The van der Waals surface area contributed by atoms with Crippen molar-refractivity contribution in [1.29, 1.82) is 0 Å². The summed E-state index contributed by atoms with van der Waals surface area (Å²) in [7, 11) is -3.83. The maximum atomic E-state index is 12.0. The lowest BCUT2D eigenvalue weighted by Gasteiger charge is -2.21. The van der Waals surface area contributed by atoms with Gasteiger partial charge < -0.3 is 0 Å². The molecule has 1 aliphatic heterocycles. The molecule has 0 bridgehead atoms. The number of hydrogen-bond acceptors (Lipinski definition) is 5. The number of hydrogen-bond donors (Lipinski definition) is 2. The van der Waals surface area contributed by atoms with Gasteiger partial charge in [0.05, 0.1) is 8.81 Å². The summed E-state index contributed by atoms with van der Waals surface area (Å²) in [6.07, 6.45) is 0.248. The van der Waals surface area contributed by atoms with Crippen molar-refractivity contribution in [1.82, 2.24) is 10.0 Å². The summed E-state index contributed by atoms with van der Waals surface area (Å²) in [6.45, 7) is 0. The monoisotopic (exact) mass is 386 g/mol. The predicted octanol–water partition coefficient (Wildman–Crippen LogP) is 1.25. The summed E-state index contributed by atoms with van der Waals surface area (Å²) in [5.41, 5.74) is 0. The molecule has 1 unspecified atom stereocenters. The summed E-state index contributed by atoms with van der Waals surface area (Å²) in [4.78, 5) is 22.5. The van der Waals surface area contributed by atoms with E-state index in [0.717, 1.165) is 11.3 Å². The molecule has 1 fully saturated rings. The summed E-state index contributed by atoms with van der Waals surface area (Å²) >= 11 is 9.84. The van der Waals surface area contributed by atoms with Gasteiger partial charge in [0.25, 0.3) is 10.0 Å². The zero-order valence-corrected chi connectivity index (χ0v) is 13.2. The first-order chi connectivity index (χ1) is 8.79. The van der Waals surface area contributed by atoms with Gasteiger partial charge in [-0.1, -0.05) is 11.6 Å².